The van der Waals surface area contributed by atoms with E-state index in [9.17, 15) is 4.79 Å². The van der Waals surface area contributed by atoms with Crippen molar-refractivity contribution in [2.24, 2.45) is 9.98 Å². The van der Waals surface area contributed by atoms with Gasteiger partial charge in [0, 0.05) is 36.4 Å². The Morgan fingerprint density at radius 3 is 2.85 bits per heavy atom. The van der Waals surface area contributed by atoms with E-state index in [4.69, 9.17) is 0 Å². The highest BCUT2D eigenvalue weighted by molar-refractivity contribution is 7.80. The van der Waals surface area contributed by atoms with Crippen LogP contribution >= 0.6 is 12.6 Å². The van der Waals surface area contributed by atoms with E-state index >= 15 is 0 Å². The van der Waals surface area contributed by atoms with Crippen molar-refractivity contribution in [2.75, 3.05) is 12.4 Å². The van der Waals surface area contributed by atoms with Crippen LogP contribution in [-0.4, -0.2) is 29.6 Å². The third-order valence-corrected chi connectivity index (χ3v) is 4.57. The van der Waals surface area contributed by atoms with Gasteiger partial charge in [0.1, 0.15) is 0 Å². The second kappa shape index (κ2) is 7.13. The average Bonchev–Trinajstić information content (AvgIpc) is 3.41. The number of aliphatic imine (C=N–C) groups is 2. The van der Waals surface area contributed by atoms with Gasteiger partial charge in [-0.3, -0.25) is 9.98 Å². The largest absolute Gasteiger partial charge is 0.341 e. The molecule has 2 aliphatic heterocycles. The van der Waals surface area contributed by atoms with E-state index in [2.05, 4.69) is 33.2 Å². The van der Waals surface area contributed by atoms with Crippen molar-refractivity contribution < 1.29 is 4.79 Å². The van der Waals surface area contributed by atoms with Crippen LogP contribution in [0.25, 0.3) is 5.69 Å². The summed E-state index contributed by atoms with van der Waals surface area (Å²) in [6.45, 7) is 0. The summed E-state index contributed by atoms with van der Waals surface area (Å²) in [4.78, 5) is 20.6. The molecule has 0 spiro atoms. The molecule has 0 aliphatic carbocycles. The van der Waals surface area contributed by atoms with Gasteiger partial charge in [0.2, 0.25) is 0 Å². The second-order valence-corrected chi connectivity index (χ2v) is 6.35. The quantitative estimate of drug-likeness (QED) is 0.703. The topological polar surface area (TPSA) is 70.8 Å². The SMILES string of the molecule is CNC(=O)Nc1cccc(-n2c(S)ccc2C2=NC=CC2=C2C=CC=N2)c1. The summed E-state index contributed by atoms with van der Waals surface area (Å²) in [5.41, 5.74) is 5.14. The summed E-state index contributed by atoms with van der Waals surface area (Å²) in [6.07, 6.45) is 9.37. The Labute approximate surface area is 162 Å². The number of rotatable bonds is 3. The highest BCUT2D eigenvalue weighted by Crippen LogP contribution is 2.28. The molecule has 27 heavy (non-hydrogen) atoms. The minimum atomic E-state index is -0.270. The van der Waals surface area contributed by atoms with Crippen LogP contribution in [0.1, 0.15) is 5.69 Å². The van der Waals surface area contributed by atoms with Crippen LogP contribution < -0.4 is 10.6 Å². The fourth-order valence-electron chi connectivity index (χ4n) is 3.00. The lowest BCUT2D eigenvalue weighted by atomic mass is 10.1. The van der Waals surface area contributed by atoms with E-state index in [0.29, 0.717) is 5.69 Å². The maximum absolute atomic E-state index is 11.6. The number of hydrogen-bond acceptors (Lipinski definition) is 4. The minimum absolute atomic E-state index is 0.270. The highest BCUT2D eigenvalue weighted by Gasteiger charge is 2.21. The number of carbonyl (C=O) groups excluding carboxylic acids is 1. The van der Waals surface area contributed by atoms with Gasteiger partial charge >= 0.3 is 6.03 Å². The van der Waals surface area contributed by atoms with Crippen LogP contribution in [-0.2, 0) is 0 Å². The first kappa shape index (κ1) is 17.1. The van der Waals surface area contributed by atoms with Crippen molar-refractivity contribution in [1.29, 1.82) is 0 Å². The number of anilines is 1. The van der Waals surface area contributed by atoms with E-state index in [1.807, 2.05) is 59.2 Å². The molecule has 0 radical (unpaired) electrons. The molecule has 0 fully saturated rings. The number of benzene rings is 1. The Kier molecular flexibility index (Phi) is 4.52. The Balaban J connectivity index is 1.77. The predicted octanol–water partition coefficient (Wildman–Crippen LogP) is 3.73. The molecule has 2 amide bonds. The van der Waals surface area contributed by atoms with Crippen molar-refractivity contribution in [1.82, 2.24) is 9.88 Å². The second-order valence-electron chi connectivity index (χ2n) is 5.90. The van der Waals surface area contributed by atoms with Gasteiger partial charge in [-0.05, 0) is 48.6 Å². The van der Waals surface area contributed by atoms with Gasteiger partial charge in [-0.15, -0.1) is 12.6 Å². The summed E-state index contributed by atoms with van der Waals surface area (Å²) in [5, 5.41) is 6.10. The van der Waals surface area contributed by atoms with Crippen molar-refractivity contribution in [3.05, 3.63) is 77.8 Å². The lowest BCUT2D eigenvalue weighted by molar-refractivity contribution is 0.254. The maximum Gasteiger partial charge on any atom is 0.318 e. The highest BCUT2D eigenvalue weighted by atomic mass is 32.1. The Hall–Kier alpha value is -3.32. The standard InChI is InChI=1S/C20H17N5OS/c1-21-20(26)24-13-4-2-5-14(12-13)25-17(7-8-18(25)27)19-15(9-11-23-19)16-6-3-10-22-16/h2-12,27H,1H3,(H2,21,24,26). The van der Waals surface area contributed by atoms with Gasteiger partial charge in [-0.1, -0.05) is 6.07 Å². The van der Waals surface area contributed by atoms with E-state index < -0.39 is 0 Å². The smallest absolute Gasteiger partial charge is 0.318 e. The van der Waals surface area contributed by atoms with E-state index in [-0.39, 0.29) is 6.03 Å². The molecule has 2 aromatic rings. The number of nitrogens with zero attached hydrogens (tertiary/aromatic N) is 3. The first-order chi connectivity index (χ1) is 13.2. The Morgan fingerprint density at radius 1 is 1.19 bits per heavy atom. The van der Waals surface area contributed by atoms with Crippen LogP contribution in [0.4, 0.5) is 10.5 Å². The summed E-state index contributed by atoms with van der Waals surface area (Å²) in [5.74, 6) is 0. The van der Waals surface area contributed by atoms with Crippen LogP contribution in [0.5, 0.6) is 0 Å². The van der Waals surface area contributed by atoms with E-state index in [1.165, 1.54) is 0 Å². The minimum Gasteiger partial charge on any atom is -0.341 e. The summed E-state index contributed by atoms with van der Waals surface area (Å²) in [6, 6.07) is 11.2. The molecule has 1 aromatic heterocycles. The molecule has 0 atom stereocenters. The van der Waals surface area contributed by atoms with Gasteiger partial charge in [0.15, 0.2) is 0 Å². The fourth-order valence-corrected chi connectivity index (χ4v) is 3.30. The third kappa shape index (κ3) is 3.24. The molecule has 6 nitrogen and oxygen atoms in total. The van der Waals surface area contributed by atoms with Gasteiger partial charge in [0.05, 0.1) is 22.1 Å². The number of carbonyl (C=O) groups is 1. The average molecular weight is 375 g/mol. The number of thiol groups is 1. The molecular weight excluding hydrogens is 358 g/mol. The number of aromatic nitrogens is 1. The molecular formula is C20H17N5OS. The number of allylic oxidation sites excluding steroid dienone is 4. The zero-order valence-corrected chi connectivity index (χ0v) is 15.4. The molecule has 0 unspecified atom stereocenters. The molecule has 2 aliphatic rings. The molecule has 4 rings (SSSR count). The van der Waals surface area contributed by atoms with Gasteiger partial charge in [-0.2, -0.15) is 0 Å². The zero-order valence-electron chi connectivity index (χ0n) is 14.5. The Morgan fingerprint density at radius 2 is 2.07 bits per heavy atom. The predicted molar refractivity (Wildman–Crippen MR) is 111 cm³/mol. The van der Waals surface area contributed by atoms with Crippen LogP contribution in [0, 0.1) is 0 Å². The number of hydrogen-bond donors (Lipinski definition) is 3. The molecule has 0 saturated carbocycles. The third-order valence-electron chi connectivity index (χ3n) is 4.22. The molecule has 2 N–H and O–H groups in total. The molecule has 0 saturated heterocycles. The number of nitrogens with one attached hydrogen (secondary N) is 2. The van der Waals surface area contributed by atoms with Crippen LogP contribution in [0.3, 0.4) is 0 Å². The summed E-state index contributed by atoms with van der Waals surface area (Å²) < 4.78 is 1.99. The lowest BCUT2D eigenvalue weighted by Gasteiger charge is -2.14. The normalized spacial score (nSPS) is 17.5. The maximum atomic E-state index is 11.6. The molecule has 7 heteroatoms. The molecule has 134 valence electrons. The van der Waals surface area contributed by atoms with Gasteiger partial charge in [0.25, 0.3) is 0 Å². The van der Waals surface area contributed by atoms with Gasteiger partial charge < -0.3 is 15.2 Å². The zero-order chi connectivity index (χ0) is 18.8. The summed E-state index contributed by atoms with van der Waals surface area (Å²) >= 11 is 4.61. The number of amides is 2. The molecule has 0 bridgehead atoms. The van der Waals surface area contributed by atoms with Crippen molar-refractivity contribution in [3.63, 3.8) is 0 Å². The Bertz CT molecular complexity index is 1060. The van der Waals surface area contributed by atoms with Crippen LogP contribution in [0.15, 0.2) is 87.1 Å². The van der Waals surface area contributed by atoms with E-state index in [1.54, 1.807) is 19.5 Å². The first-order valence-corrected chi connectivity index (χ1v) is 8.82. The number of urea groups is 1. The van der Waals surface area contributed by atoms with Crippen LogP contribution in [0.2, 0.25) is 0 Å². The monoisotopic (exact) mass is 375 g/mol. The van der Waals surface area contributed by atoms with Crippen molar-refractivity contribution in [3.8, 4) is 5.69 Å². The summed E-state index contributed by atoms with van der Waals surface area (Å²) in [7, 11) is 1.58. The molecule has 1 aromatic carbocycles. The van der Waals surface area contributed by atoms with E-state index in [0.717, 1.165) is 33.4 Å². The fraction of sp³-hybridized carbons (Fsp3) is 0.0500. The first-order valence-electron chi connectivity index (χ1n) is 8.37. The van der Waals surface area contributed by atoms with Crippen molar-refractivity contribution >= 4 is 36.3 Å². The van der Waals surface area contributed by atoms with Crippen molar-refractivity contribution in [2.45, 2.75) is 5.03 Å². The lowest BCUT2D eigenvalue weighted by Crippen LogP contribution is -2.24. The van der Waals surface area contributed by atoms with Gasteiger partial charge in [-0.25, -0.2) is 4.79 Å². The molecule has 3 heterocycles.